The quantitative estimate of drug-likeness (QED) is 0.821. The van der Waals surface area contributed by atoms with E-state index in [1.807, 2.05) is 19.1 Å². The smallest absolute Gasteiger partial charge is 0.338 e. The normalized spacial score (nSPS) is 16.3. The molecular weight excluding hydrogens is 346 g/mol. The van der Waals surface area contributed by atoms with Gasteiger partial charge in [0.2, 0.25) is 11.8 Å². The summed E-state index contributed by atoms with van der Waals surface area (Å²) < 4.78 is 4.95. The summed E-state index contributed by atoms with van der Waals surface area (Å²) in [6.45, 7) is 4.18. The van der Waals surface area contributed by atoms with Crippen LogP contribution in [0.5, 0.6) is 0 Å². The summed E-state index contributed by atoms with van der Waals surface area (Å²) in [6, 6.07) is 12.0. The predicted octanol–water partition coefficient (Wildman–Crippen LogP) is 2.56. The first-order valence-corrected chi connectivity index (χ1v) is 8.80. The van der Waals surface area contributed by atoms with Crippen molar-refractivity contribution in [3.05, 3.63) is 53.7 Å². The molecule has 0 radical (unpaired) electrons. The predicted molar refractivity (Wildman–Crippen MR) is 100 cm³/mol. The summed E-state index contributed by atoms with van der Waals surface area (Å²) in [6.07, 6.45) is 0.136. The highest BCUT2D eigenvalue weighted by Gasteiger charge is 2.35. The highest BCUT2D eigenvalue weighted by atomic mass is 16.5. The van der Waals surface area contributed by atoms with E-state index in [-0.39, 0.29) is 24.8 Å². The van der Waals surface area contributed by atoms with Crippen LogP contribution >= 0.6 is 0 Å². The first kappa shape index (κ1) is 18.6. The van der Waals surface area contributed by atoms with E-state index in [1.54, 1.807) is 42.2 Å². The van der Waals surface area contributed by atoms with Crippen molar-refractivity contribution in [3.8, 4) is 0 Å². The molecule has 3 rings (SSSR count). The number of carbonyl (C=O) groups is 3. The molecule has 0 aliphatic carbocycles. The Bertz CT molecular complexity index is 864. The van der Waals surface area contributed by atoms with Crippen molar-refractivity contribution in [1.82, 2.24) is 4.98 Å². The van der Waals surface area contributed by atoms with Crippen LogP contribution in [-0.4, -0.2) is 35.9 Å². The Kier molecular flexibility index (Phi) is 5.49. The summed E-state index contributed by atoms with van der Waals surface area (Å²) in [4.78, 5) is 42.4. The van der Waals surface area contributed by atoms with Gasteiger partial charge in [-0.3, -0.25) is 9.59 Å². The average Bonchev–Trinajstić information content (AvgIpc) is 3.04. The minimum absolute atomic E-state index is 0.128. The van der Waals surface area contributed by atoms with Crippen molar-refractivity contribution in [3.63, 3.8) is 0 Å². The fourth-order valence-electron chi connectivity index (χ4n) is 2.97. The maximum absolute atomic E-state index is 12.5. The maximum atomic E-state index is 12.5. The highest BCUT2D eigenvalue weighted by Crippen LogP contribution is 2.26. The van der Waals surface area contributed by atoms with Crippen molar-refractivity contribution in [2.45, 2.75) is 20.3 Å². The Hall–Kier alpha value is -3.22. The van der Waals surface area contributed by atoms with Crippen LogP contribution in [0.1, 0.15) is 29.4 Å². The topological polar surface area (TPSA) is 88.6 Å². The molecule has 1 saturated heterocycles. The number of aryl methyl sites for hydroxylation is 1. The lowest BCUT2D eigenvalue weighted by Gasteiger charge is -2.17. The van der Waals surface area contributed by atoms with E-state index < -0.39 is 11.9 Å². The van der Waals surface area contributed by atoms with Gasteiger partial charge in [0, 0.05) is 24.3 Å². The molecule has 1 unspecified atom stereocenters. The van der Waals surface area contributed by atoms with Gasteiger partial charge in [0.05, 0.1) is 18.1 Å². The molecule has 27 heavy (non-hydrogen) atoms. The number of ether oxygens (including phenoxy) is 1. The number of pyridine rings is 1. The first-order valence-electron chi connectivity index (χ1n) is 8.80. The van der Waals surface area contributed by atoms with E-state index >= 15 is 0 Å². The molecule has 1 aliphatic rings. The van der Waals surface area contributed by atoms with Gasteiger partial charge >= 0.3 is 5.97 Å². The van der Waals surface area contributed by atoms with E-state index in [2.05, 4.69) is 10.3 Å². The summed E-state index contributed by atoms with van der Waals surface area (Å²) in [5, 5.41) is 2.77. The van der Waals surface area contributed by atoms with Crippen molar-refractivity contribution in [2.24, 2.45) is 5.92 Å². The average molecular weight is 367 g/mol. The van der Waals surface area contributed by atoms with Gasteiger partial charge in [-0.15, -0.1) is 0 Å². The molecule has 140 valence electrons. The number of amides is 2. The molecule has 1 aromatic heterocycles. The van der Waals surface area contributed by atoms with Gasteiger partial charge in [0.1, 0.15) is 5.82 Å². The molecule has 1 N–H and O–H groups in total. The van der Waals surface area contributed by atoms with Crippen LogP contribution in [0, 0.1) is 12.8 Å². The van der Waals surface area contributed by atoms with Gasteiger partial charge in [-0.25, -0.2) is 9.78 Å². The number of anilines is 2. The third-order valence-electron chi connectivity index (χ3n) is 4.33. The fraction of sp³-hybridized carbons (Fsp3) is 0.300. The lowest BCUT2D eigenvalue weighted by atomic mass is 10.1. The van der Waals surface area contributed by atoms with Crippen molar-refractivity contribution >= 4 is 29.3 Å². The van der Waals surface area contributed by atoms with Crippen LogP contribution in [0.2, 0.25) is 0 Å². The Morgan fingerprint density at radius 2 is 1.96 bits per heavy atom. The van der Waals surface area contributed by atoms with Crippen molar-refractivity contribution in [2.75, 3.05) is 23.4 Å². The van der Waals surface area contributed by atoms with E-state index in [0.717, 1.165) is 5.69 Å². The Balaban J connectivity index is 1.66. The summed E-state index contributed by atoms with van der Waals surface area (Å²) >= 11 is 0. The molecule has 1 aromatic carbocycles. The number of nitrogens with zero attached hydrogens (tertiary/aromatic N) is 2. The maximum Gasteiger partial charge on any atom is 0.338 e. The summed E-state index contributed by atoms with van der Waals surface area (Å²) in [5.41, 5.74) is 1.88. The lowest BCUT2D eigenvalue weighted by molar-refractivity contribution is -0.122. The van der Waals surface area contributed by atoms with Gasteiger partial charge in [-0.05, 0) is 50.2 Å². The molecule has 0 saturated carbocycles. The molecule has 7 nitrogen and oxygen atoms in total. The van der Waals surface area contributed by atoms with E-state index in [1.165, 1.54) is 0 Å². The van der Waals surface area contributed by atoms with Gasteiger partial charge in [-0.2, -0.15) is 0 Å². The molecule has 2 aromatic rings. The molecule has 0 bridgehead atoms. The number of nitrogens with one attached hydrogen (secondary N) is 1. The second kappa shape index (κ2) is 7.99. The van der Waals surface area contributed by atoms with Crippen LogP contribution in [0.3, 0.4) is 0 Å². The van der Waals surface area contributed by atoms with Crippen LogP contribution in [-0.2, 0) is 14.3 Å². The number of hydrogen-bond acceptors (Lipinski definition) is 5. The number of carbonyl (C=O) groups excluding carboxylic acids is 3. The molecule has 1 atom stereocenters. The minimum atomic E-state index is -0.454. The van der Waals surface area contributed by atoms with Crippen LogP contribution in [0.25, 0.3) is 0 Å². The van der Waals surface area contributed by atoms with Crippen LogP contribution < -0.4 is 10.2 Å². The summed E-state index contributed by atoms with van der Waals surface area (Å²) in [7, 11) is 0. The third-order valence-corrected chi connectivity index (χ3v) is 4.33. The van der Waals surface area contributed by atoms with Gasteiger partial charge in [-0.1, -0.05) is 6.07 Å². The number of hydrogen-bond donors (Lipinski definition) is 1. The second-order valence-corrected chi connectivity index (χ2v) is 6.33. The monoisotopic (exact) mass is 367 g/mol. The Morgan fingerprint density at radius 3 is 2.63 bits per heavy atom. The van der Waals surface area contributed by atoms with E-state index in [4.69, 9.17) is 4.74 Å². The third kappa shape index (κ3) is 4.31. The first-order chi connectivity index (χ1) is 13.0. The molecule has 1 aliphatic heterocycles. The van der Waals surface area contributed by atoms with Crippen molar-refractivity contribution < 1.29 is 19.1 Å². The highest BCUT2D eigenvalue weighted by molar-refractivity contribution is 6.03. The molecular formula is C20H21N3O4. The lowest BCUT2D eigenvalue weighted by Crippen LogP contribution is -2.28. The number of rotatable bonds is 5. The van der Waals surface area contributed by atoms with Crippen LogP contribution in [0.15, 0.2) is 42.5 Å². The van der Waals surface area contributed by atoms with Crippen molar-refractivity contribution in [1.29, 1.82) is 0 Å². The standard InChI is InChI=1S/C20H21N3O4/c1-3-27-20(26)14-7-9-16(10-8-14)23-12-15(11-18(23)24)19(25)22-17-6-4-5-13(2)21-17/h4-10,15H,3,11-12H2,1-2H3,(H,21,22,25). The fourth-order valence-corrected chi connectivity index (χ4v) is 2.97. The zero-order valence-electron chi connectivity index (χ0n) is 15.3. The molecule has 1 fully saturated rings. The molecule has 2 amide bonds. The number of aromatic nitrogens is 1. The number of benzene rings is 1. The minimum Gasteiger partial charge on any atom is -0.462 e. The Labute approximate surface area is 157 Å². The van der Waals surface area contributed by atoms with Gasteiger partial charge < -0.3 is 15.0 Å². The van der Waals surface area contributed by atoms with E-state index in [9.17, 15) is 14.4 Å². The SMILES string of the molecule is CCOC(=O)c1ccc(N2CC(C(=O)Nc3cccc(C)n3)CC2=O)cc1. The largest absolute Gasteiger partial charge is 0.462 e. The Morgan fingerprint density at radius 1 is 1.22 bits per heavy atom. The zero-order chi connectivity index (χ0) is 19.4. The number of esters is 1. The molecule has 7 heteroatoms. The second-order valence-electron chi connectivity index (χ2n) is 6.33. The summed E-state index contributed by atoms with van der Waals surface area (Å²) in [5.74, 6) is -0.739. The van der Waals surface area contributed by atoms with Crippen LogP contribution in [0.4, 0.5) is 11.5 Å². The molecule has 2 heterocycles. The van der Waals surface area contributed by atoms with E-state index in [0.29, 0.717) is 23.7 Å². The zero-order valence-corrected chi connectivity index (χ0v) is 15.3. The van der Waals surface area contributed by atoms with Gasteiger partial charge in [0.15, 0.2) is 0 Å². The van der Waals surface area contributed by atoms with Gasteiger partial charge in [0.25, 0.3) is 0 Å². The molecule has 0 spiro atoms.